The van der Waals surface area contributed by atoms with E-state index in [1.165, 1.54) is 25.8 Å². The van der Waals surface area contributed by atoms with Gasteiger partial charge in [0.1, 0.15) is 5.75 Å². The third-order valence-corrected chi connectivity index (χ3v) is 4.68. The first kappa shape index (κ1) is 19.1. The maximum absolute atomic E-state index is 12.3. The van der Waals surface area contributed by atoms with Crippen molar-refractivity contribution in [2.45, 2.75) is 24.0 Å². The van der Waals surface area contributed by atoms with Gasteiger partial charge in [0.05, 0.1) is 17.4 Å². The Bertz CT molecular complexity index is 765. The number of benzene rings is 2. The van der Waals surface area contributed by atoms with Crippen LogP contribution in [0.2, 0.25) is 5.02 Å². The molecule has 2 aromatic rings. The number of carbonyl (C=O) groups is 2. The van der Waals surface area contributed by atoms with E-state index in [2.05, 4.69) is 10.6 Å². The predicted molar refractivity (Wildman–Crippen MR) is 103 cm³/mol. The summed E-state index contributed by atoms with van der Waals surface area (Å²) in [7, 11) is 1.54. The number of amides is 2. The van der Waals surface area contributed by atoms with E-state index in [0.29, 0.717) is 16.5 Å². The number of hydrogen-bond donors (Lipinski definition) is 2. The molecule has 0 spiro atoms. The first-order valence-electron chi connectivity index (χ1n) is 7.57. The highest BCUT2D eigenvalue weighted by Gasteiger charge is 2.15. The van der Waals surface area contributed by atoms with Crippen molar-refractivity contribution in [2.24, 2.45) is 0 Å². The minimum Gasteiger partial charge on any atom is -0.495 e. The van der Waals surface area contributed by atoms with Gasteiger partial charge < -0.3 is 15.4 Å². The molecular formula is C18H19ClN2O3S. The zero-order valence-corrected chi connectivity index (χ0v) is 15.7. The first-order valence-corrected chi connectivity index (χ1v) is 8.83. The molecule has 2 N–H and O–H groups in total. The Balaban J connectivity index is 1.95. The van der Waals surface area contributed by atoms with Crippen molar-refractivity contribution in [1.29, 1.82) is 0 Å². The lowest BCUT2D eigenvalue weighted by atomic mass is 10.3. The van der Waals surface area contributed by atoms with Gasteiger partial charge in [0.15, 0.2) is 0 Å². The standard InChI is InChI=1S/C18H19ClN2O3S/c1-11(25-15-7-4-13(5-8-15)20-12(2)22)18(23)21-14-6-9-17(24-3)16(19)10-14/h4-11H,1-3H3,(H,20,22)(H,21,23)/t11-/m1/s1. The zero-order valence-electron chi connectivity index (χ0n) is 14.1. The number of nitrogens with one attached hydrogen (secondary N) is 2. The predicted octanol–water partition coefficient (Wildman–Crippen LogP) is 4.43. The molecule has 0 saturated heterocycles. The van der Waals surface area contributed by atoms with Gasteiger partial charge in [-0.15, -0.1) is 11.8 Å². The van der Waals surface area contributed by atoms with Crippen LogP contribution >= 0.6 is 23.4 Å². The second-order valence-electron chi connectivity index (χ2n) is 5.30. The number of rotatable bonds is 6. The van der Waals surface area contributed by atoms with Gasteiger partial charge in [-0.3, -0.25) is 9.59 Å². The summed E-state index contributed by atoms with van der Waals surface area (Å²) >= 11 is 7.49. The second-order valence-corrected chi connectivity index (χ2v) is 7.13. The van der Waals surface area contributed by atoms with E-state index >= 15 is 0 Å². The number of hydrogen-bond acceptors (Lipinski definition) is 4. The molecule has 0 fully saturated rings. The lowest BCUT2D eigenvalue weighted by Crippen LogP contribution is -2.22. The molecule has 132 valence electrons. The highest BCUT2D eigenvalue weighted by atomic mass is 35.5. The van der Waals surface area contributed by atoms with Crippen LogP contribution in [-0.2, 0) is 9.59 Å². The van der Waals surface area contributed by atoms with Crippen LogP contribution in [0.1, 0.15) is 13.8 Å². The average molecular weight is 379 g/mol. The molecule has 0 aliphatic rings. The smallest absolute Gasteiger partial charge is 0.237 e. The molecule has 0 bridgehead atoms. The lowest BCUT2D eigenvalue weighted by molar-refractivity contribution is -0.115. The molecule has 0 radical (unpaired) electrons. The Kier molecular flexibility index (Phi) is 6.73. The Hall–Kier alpha value is -2.18. The quantitative estimate of drug-likeness (QED) is 0.730. The van der Waals surface area contributed by atoms with Gasteiger partial charge in [-0.05, 0) is 49.4 Å². The Morgan fingerprint density at radius 1 is 1.08 bits per heavy atom. The van der Waals surface area contributed by atoms with Crippen molar-refractivity contribution in [3.63, 3.8) is 0 Å². The van der Waals surface area contributed by atoms with Gasteiger partial charge in [-0.2, -0.15) is 0 Å². The highest BCUT2D eigenvalue weighted by molar-refractivity contribution is 8.00. The molecule has 7 heteroatoms. The van der Waals surface area contributed by atoms with Crippen molar-refractivity contribution in [1.82, 2.24) is 0 Å². The third-order valence-electron chi connectivity index (χ3n) is 3.28. The zero-order chi connectivity index (χ0) is 18.4. The van der Waals surface area contributed by atoms with Crippen LogP contribution in [0.4, 0.5) is 11.4 Å². The third kappa shape index (κ3) is 5.69. The van der Waals surface area contributed by atoms with Gasteiger partial charge >= 0.3 is 0 Å². The minimum atomic E-state index is -0.299. The molecule has 1 atom stereocenters. The summed E-state index contributed by atoms with van der Waals surface area (Å²) < 4.78 is 5.09. The molecule has 0 aliphatic carbocycles. The molecule has 2 rings (SSSR count). The maximum atomic E-state index is 12.3. The van der Waals surface area contributed by atoms with Crippen LogP contribution in [0, 0.1) is 0 Å². The fraction of sp³-hybridized carbons (Fsp3) is 0.222. The van der Waals surface area contributed by atoms with Crippen molar-refractivity contribution >= 4 is 46.6 Å². The van der Waals surface area contributed by atoms with Crippen molar-refractivity contribution < 1.29 is 14.3 Å². The van der Waals surface area contributed by atoms with Gasteiger partial charge in [-0.1, -0.05) is 11.6 Å². The van der Waals surface area contributed by atoms with Gasteiger partial charge in [-0.25, -0.2) is 0 Å². The molecule has 0 aromatic heterocycles. The number of carbonyl (C=O) groups excluding carboxylic acids is 2. The number of thioether (sulfide) groups is 1. The molecule has 5 nitrogen and oxygen atoms in total. The Morgan fingerprint density at radius 2 is 1.72 bits per heavy atom. The van der Waals surface area contributed by atoms with Crippen LogP contribution in [0.5, 0.6) is 5.75 Å². The molecule has 0 unspecified atom stereocenters. The number of halogens is 1. The van der Waals surface area contributed by atoms with Crippen LogP contribution in [-0.4, -0.2) is 24.2 Å². The fourth-order valence-electron chi connectivity index (χ4n) is 2.07. The SMILES string of the molecule is COc1ccc(NC(=O)[C@@H](C)Sc2ccc(NC(C)=O)cc2)cc1Cl. The maximum Gasteiger partial charge on any atom is 0.237 e. The highest BCUT2D eigenvalue weighted by Crippen LogP contribution is 2.29. The summed E-state index contributed by atoms with van der Waals surface area (Å²) in [5.74, 6) is 0.310. The van der Waals surface area contributed by atoms with E-state index in [9.17, 15) is 9.59 Å². The van der Waals surface area contributed by atoms with Crippen LogP contribution in [0.25, 0.3) is 0 Å². The second kappa shape index (κ2) is 8.78. The summed E-state index contributed by atoms with van der Waals surface area (Å²) in [5.41, 5.74) is 1.34. The summed E-state index contributed by atoms with van der Waals surface area (Å²) in [5, 5.41) is 5.68. The summed E-state index contributed by atoms with van der Waals surface area (Å²) in [6.07, 6.45) is 0. The van der Waals surface area contributed by atoms with E-state index in [1.807, 2.05) is 19.1 Å². The molecule has 2 aromatic carbocycles. The van der Waals surface area contributed by atoms with E-state index in [1.54, 1.807) is 30.3 Å². The number of methoxy groups -OCH3 is 1. The largest absolute Gasteiger partial charge is 0.495 e. The van der Waals surface area contributed by atoms with Crippen LogP contribution < -0.4 is 15.4 Å². The van der Waals surface area contributed by atoms with Gasteiger partial charge in [0.25, 0.3) is 0 Å². The van der Waals surface area contributed by atoms with Gasteiger partial charge in [0, 0.05) is 23.2 Å². The van der Waals surface area contributed by atoms with Crippen LogP contribution in [0.15, 0.2) is 47.4 Å². The van der Waals surface area contributed by atoms with Gasteiger partial charge in [0.2, 0.25) is 11.8 Å². The Morgan fingerprint density at radius 3 is 2.28 bits per heavy atom. The average Bonchev–Trinajstić information content (AvgIpc) is 2.56. The molecule has 0 aliphatic heterocycles. The minimum absolute atomic E-state index is 0.119. The van der Waals surface area contributed by atoms with E-state index in [-0.39, 0.29) is 17.1 Å². The van der Waals surface area contributed by atoms with Crippen molar-refractivity contribution in [2.75, 3.05) is 17.7 Å². The lowest BCUT2D eigenvalue weighted by Gasteiger charge is -2.13. The molecular weight excluding hydrogens is 360 g/mol. The topological polar surface area (TPSA) is 67.4 Å². The number of anilines is 2. The Labute approximate surface area is 156 Å². The molecule has 0 heterocycles. The first-order chi connectivity index (χ1) is 11.9. The molecule has 0 saturated carbocycles. The van der Waals surface area contributed by atoms with E-state index in [0.717, 1.165) is 10.6 Å². The fourth-order valence-corrected chi connectivity index (χ4v) is 3.19. The van der Waals surface area contributed by atoms with Crippen LogP contribution in [0.3, 0.4) is 0 Å². The summed E-state index contributed by atoms with van der Waals surface area (Å²) in [6.45, 7) is 3.29. The summed E-state index contributed by atoms with van der Waals surface area (Å²) in [6, 6.07) is 12.4. The normalized spacial score (nSPS) is 11.5. The monoisotopic (exact) mass is 378 g/mol. The molecule has 2 amide bonds. The van der Waals surface area contributed by atoms with E-state index < -0.39 is 0 Å². The molecule has 25 heavy (non-hydrogen) atoms. The van der Waals surface area contributed by atoms with Crippen molar-refractivity contribution in [3.8, 4) is 5.75 Å². The van der Waals surface area contributed by atoms with E-state index in [4.69, 9.17) is 16.3 Å². The van der Waals surface area contributed by atoms with Crippen molar-refractivity contribution in [3.05, 3.63) is 47.5 Å². The number of ether oxygens (including phenoxy) is 1. The summed E-state index contributed by atoms with van der Waals surface area (Å²) in [4.78, 5) is 24.3.